The lowest BCUT2D eigenvalue weighted by molar-refractivity contribution is 0.101. The second-order valence-electron chi connectivity index (χ2n) is 7.36. The number of fused-ring (bicyclic) bond motifs is 2. The topological polar surface area (TPSA) is 103 Å². The van der Waals surface area contributed by atoms with Crippen molar-refractivity contribution in [2.75, 3.05) is 12.3 Å². The number of pyridine rings is 1. The van der Waals surface area contributed by atoms with E-state index in [9.17, 15) is 4.79 Å². The summed E-state index contributed by atoms with van der Waals surface area (Å²) in [5, 5.41) is 0. The molecule has 0 saturated heterocycles. The van der Waals surface area contributed by atoms with Crippen molar-refractivity contribution < 1.29 is 9.53 Å². The number of benzene rings is 1. The molecular formula is C22H19N5O2. The highest BCUT2D eigenvalue weighted by atomic mass is 16.5. The molecule has 0 fully saturated rings. The summed E-state index contributed by atoms with van der Waals surface area (Å²) in [5.41, 5.74) is 11.9. The van der Waals surface area contributed by atoms with Gasteiger partial charge in [0.25, 0.3) is 0 Å². The Morgan fingerprint density at radius 2 is 2.10 bits per heavy atom. The number of ketones is 1. The van der Waals surface area contributed by atoms with Gasteiger partial charge in [-0.3, -0.25) is 14.8 Å². The number of hydrogen-bond acceptors (Lipinski definition) is 7. The van der Waals surface area contributed by atoms with E-state index in [0.29, 0.717) is 18.6 Å². The Kier molecular flexibility index (Phi) is 4.08. The highest BCUT2D eigenvalue weighted by Crippen LogP contribution is 2.35. The van der Waals surface area contributed by atoms with E-state index >= 15 is 0 Å². The first-order valence-corrected chi connectivity index (χ1v) is 9.49. The molecule has 4 heterocycles. The third-order valence-corrected chi connectivity index (χ3v) is 5.37. The van der Waals surface area contributed by atoms with Crippen LogP contribution < -0.4 is 10.5 Å². The number of carbonyl (C=O) groups excluding carboxylic acids is 1. The van der Waals surface area contributed by atoms with Gasteiger partial charge in [0.2, 0.25) is 5.95 Å². The number of aliphatic imine (C=N–C) groups is 1. The first-order chi connectivity index (χ1) is 14.1. The number of nitrogen functional groups attached to an aromatic ring is 1. The molecular weight excluding hydrogens is 366 g/mol. The maximum atomic E-state index is 11.7. The molecule has 29 heavy (non-hydrogen) atoms. The average molecular weight is 385 g/mol. The number of aromatic nitrogens is 3. The van der Waals surface area contributed by atoms with Gasteiger partial charge in [0.1, 0.15) is 5.75 Å². The van der Waals surface area contributed by atoms with Crippen LogP contribution in [0.15, 0.2) is 47.7 Å². The van der Waals surface area contributed by atoms with E-state index in [2.05, 4.69) is 15.0 Å². The van der Waals surface area contributed by atoms with E-state index in [-0.39, 0.29) is 17.6 Å². The van der Waals surface area contributed by atoms with Crippen LogP contribution in [0.4, 0.5) is 11.6 Å². The van der Waals surface area contributed by atoms with Crippen LogP contribution in [0.25, 0.3) is 11.3 Å². The van der Waals surface area contributed by atoms with Crippen LogP contribution in [-0.4, -0.2) is 33.1 Å². The van der Waals surface area contributed by atoms with Crippen LogP contribution in [0, 0.1) is 5.92 Å². The number of carbonyl (C=O) groups is 1. The maximum Gasteiger partial charge on any atom is 0.220 e. The van der Waals surface area contributed by atoms with Crippen molar-refractivity contribution in [3.63, 3.8) is 0 Å². The van der Waals surface area contributed by atoms with E-state index in [4.69, 9.17) is 15.5 Å². The number of nitrogens with two attached hydrogens (primary N) is 1. The summed E-state index contributed by atoms with van der Waals surface area (Å²) in [6.07, 6.45) is 4.94. The first-order valence-electron chi connectivity index (χ1n) is 9.49. The summed E-state index contributed by atoms with van der Waals surface area (Å²) in [6.45, 7) is 2.16. The van der Waals surface area contributed by atoms with Crippen molar-refractivity contribution in [3.05, 3.63) is 59.5 Å². The van der Waals surface area contributed by atoms with Gasteiger partial charge in [0, 0.05) is 41.6 Å². The fourth-order valence-corrected chi connectivity index (χ4v) is 3.82. The Morgan fingerprint density at radius 3 is 2.93 bits per heavy atom. The minimum absolute atomic E-state index is 0.0580. The average Bonchev–Trinajstić information content (AvgIpc) is 3.16. The summed E-state index contributed by atoms with van der Waals surface area (Å²) >= 11 is 0. The Labute approximate surface area is 167 Å². The highest BCUT2D eigenvalue weighted by Gasteiger charge is 2.29. The molecule has 0 saturated carbocycles. The van der Waals surface area contributed by atoms with Crippen LogP contribution in [0.2, 0.25) is 0 Å². The maximum absolute atomic E-state index is 11.7. The monoisotopic (exact) mass is 385 g/mol. The van der Waals surface area contributed by atoms with Crippen molar-refractivity contribution in [1.29, 1.82) is 0 Å². The molecule has 2 aromatic heterocycles. The SMILES string of the molecule is CC(=O)c1ccc2c(c1)CC(C1=Nc3cc(-c4ccnc(N)n4)cnc3C1)CO2. The van der Waals surface area contributed by atoms with Crippen molar-refractivity contribution >= 4 is 23.1 Å². The Bertz CT molecular complexity index is 1170. The summed E-state index contributed by atoms with van der Waals surface area (Å²) in [6, 6.07) is 9.42. The smallest absolute Gasteiger partial charge is 0.220 e. The van der Waals surface area contributed by atoms with Gasteiger partial charge in [0.05, 0.1) is 23.7 Å². The summed E-state index contributed by atoms with van der Waals surface area (Å²) in [4.78, 5) is 29.3. The number of rotatable bonds is 3. The van der Waals surface area contributed by atoms with Gasteiger partial charge in [-0.15, -0.1) is 0 Å². The van der Waals surface area contributed by atoms with Gasteiger partial charge >= 0.3 is 0 Å². The number of Topliss-reactive ketones (excluding diaryl/α,β-unsaturated/α-hetero) is 1. The number of anilines is 1. The minimum atomic E-state index is 0.0580. The van der Waals surface area contributed by atoms with Gasteiger partial charge in [-0.2, -0.15) is 0 Å². The van der Waals surface area contributed by atoms with E-state index < -0.39 is 0 Å². The normalized spacial score (nSPS) is 17.1. The Hall–Kier alpha value is -3.61. The molecule has 2 aliphatic heterocycles. The van der Waals surface area contributed by atoms with Crippen molar-refractivity contribution in [3.8, 4) is 17.0 Å². The second kappa shape index (κ2) is 6.77. The fraction of sp³-hybridized carbons (Fsp3) is 0.227. The molecule has 1 unspecified atom stereocenters. The third kappa shape index (κ3) is 3.24. The van der Waals surface area contributed by atoms with Crippen LogP contribution >= 0.6 is 0 Å². The van der Waals surface area contributed by atoms with Crippen LogP contribution in [-0.2, 0) is 12.8 Å². The molecule has 2 aliphatic rings. The molecule has 0 bridgehead atoms. The van der Waals surface area contributed by atoms with E-state index in [1.54, 1.807) is 25.4 Å². The molecule has 1 atom stereocenters. The quantitative estimate of drug-likeness (QED) is 0.695. The molecule has 3 aromatic rings. The molecule has 2 N–H and O–H groups in total. The Morgan fingerprint density at radius 1 is 1.21 bits per heavy atom. The van der Waals surface area contributed by atoms with Crippen molar-refractivity contribution in [2.45, 2.75) is 19.8 Å². The van der Waals surface area contributed by atoms with Crippen LogP contribution in [0.5, 0.6) is 5.75 Å². The lowest BCUT2D eigenvalue weighted by Crippen LogP contribution is -2.28. The first kappa shape index (κ1) is 17.5. The van der Waals surface area contributed by atoms with E-state index in [0.717, 1.165) is 46.1 Å². The molecule has 0 radical (unpaired) electrons. The standard InChI is InChI=1S/C22H19N5O2/c1-12(28)13-2-3-21-14(6-13)7-16(11-29-21)18-9-19-20(26-18)8-15(10-25-19)17-4-5-24-22(23)27-17/h2-6,8,10,16H,7,9,11H2,1H3,(H2,23,24,27). The predicted octanol–water partition coefficient (Wildman–Crippen LogP) is 3.20. The van der Waals surface area contributed by atoms with E-state index in [1.165, 1.54) is 0 Å². The van der Waals surface area contributed by atoms with Gasteiger partial charge in [-0.25, -0.2) is 9.97 Å². The van der Waals surface area contributed by atoms with E-state index in [1.807, 2.05) is 24.3 Å². The zero-order chi connectivity index (χ0) is 20.0. The molecule has 7 nitrogen and oxygen atoms in total. The van der Waals surface area contributed by atoms with Gasteiger partial charge in [-0.1, -0.05) is 0 Å². The second-order valence-corrected chi connectivity index (χ2v) is 7.36. The third-order valence-electron chi connectivity index (χ3n) is 5.37. The summed E-state index contributed by atoms with van der Waals surface area (Å²) in [5.74, 6) is 1.30. The summed E-state index contributed by atoms with van der Waals surface area (Å²) < 4.78 is 5.94. The zero-order valence-corrected chi connectivity index (χ0v) is 15.9. The number of hydrogen-bond donors (Lipinski definition) is 1. The number of ether oxygens (including phenoxy) is 1. The largest absolute Gasteiger partial charge is 0.493 e. The predicted molar refractivity (Wildman–Crippen MR) is 110 cm³/mol. The lowest BCUT2D eigenvalue weighted by Gasteiger charge is -2.25. The fourth-order valence-electron chi connectivity index (χ4n) is 3.82. The summed E-state index contributed by atoms with van der Waals surface area (Å²) in [7, 11) is 0. The molecule has 7 heteroatoms. The molecule has 5 rings (SSSR count). The molecule has 0 aliphatic carbocycles. The van der Waals surface area contributed by atoms with Crippen LogP contribution in [0.3, 0.4) is 0 Å². The molecule has 0 amide bonds. The van der Waals surface area contributed by atoms with Crippen LogP contribution in [0.1, 0.15) is 28.5 Å². The molecule has 144 valence electrons. The minimum Gasteiger partial charge on any atom is -0.493 e. The molecule has 1 aromatic carbocycles. The van der Waals surface area contributed by atoms with Crippen molar-refractivity contribution in [1.82, 2.24) is 15.0 Å². The lowest BCUT2D eigenvalue weighted by atomic mass is 9.90. The van der Waals surface area contributed by atoms with Gasteiger partial charge in [-0.05, 0) is 49.2 Å². The zero-order valence-electron chi connectivity index (χ0n) is 15.9. The Balaban J connectivity index is 1.41. The highest BCUT2D eigenvalue weighted by molar-refractivity contribution is 5.96. The van der Waals surface area contributed by atoms with Crippen molar-refractivity contribution in [2.24, 2.45) is 10.9 Å². The molecule has 0 spiro atoms. The number of nitrogens with zero attached hydrogens (tertiary/aromatic N) is 4. The van der Waals surface area contributed by atoms with Gasteiger partial charge in [0.15, 0.2) is 5.78 Å². The van der Waals surface area contributed by atoms with Gasteiger partial charge < -0.3 is 10.5 Å².